The van der Waals surface area contributed by atoms with E-state index < -0.39 is 0 Å². The van der Waals surface area contributed by atoms with E-state index in [1.165, 1.54) is 0 Å². The highest BCUT2D eigenvalue weighted by Gasteiger charge is 2.27. The molecule has 6 heteroatoms. The highest BCUT2D eigenvalue weighted by Crippen LogP contribution is 2.27. The summed E-state index contributed by atoms with van der Waals surface area (Å²) in [6, 6.07) is 7.83. The molecular formula is C22H31N3O3. The van der Waals surface area contributed by atoms with Crippen molar-refractivity contribution in [3.63, 3.8) is 0 Å². The Morgan fingerprint density at radius 3 is 2.54 bits per heavy atom. The minimum absolute atomic E-state index is 0.0658. The first kappa shape index (κ1) is 20.4. The molecular weight excluding hydrogens is 354 g/mol. The van der Waals surface area contributed by atoms with E-state index >= 15 is 0 Å². The average Bonchev–Trinajstić information content (AvgIpc) is 3.00. The van der Waals surface area contributed by atoms with E-state index in [9.17, 15) is 9.59 Å². The van der Waals surface area contributed by atoms with Crippen molar-refractivity contribution in [1.82, 2.24) is 15.1 Å². The van der Waals surface area contributed by atoms with Gasteiger partial charge in [0.1, 0.15) is 5.58 Å². The summed E-state index contributed by atoms with van der Waals surface area (Å²) in [5.74, 6) is 0.812. The zero-order chi connectivity index (χ0) is 20.3. The molecule has 1 aliphatic heterocycles. The van der Waals surface area contributed by atoms with E-state index in [0.717, 1.165) is 29.4 Å². The van der Waals surface area contributed by atoms with Gasteiger partial charge in [-0.25, -0.2) is 0 Å². The van der Waals surface area contributed by atoms with Crippen LogP contribution in [0.2, 0.25) is 0 Å². The molecule has 1 N–H and O–H groups in total. The van der Waals surface area contributed by atoms with Gasteiger partial charge in [-0.05, 0) is 38.9 Å². The number of amides is 2. The van der Waals surface area contributed by atoms with Crippen molar-refractivity contribution in [3.05, 3.63) is 35.6 Å². The highest BCUT2D eigenvalue weighted by atomic mass is 16.3. The van der Waals surface area contributed by atoms with E-state index in [4.69, 9.17) is 4.42 Å². The molecule has 0 spiro atoms. The Bertz CT molecular complexity index is 833. The maximum Gasteiger partial charge on any atom is 0.287 e. The molecule has 2 amide bonds. The summed E-state index contributed by atoms with van der Waals surface area (Å²) in [4.78, 5) is 29.1. The van der Waals surface area contributed by atoms with Crippen LogP contribution in [0.15, 0.2) is 28.7 Å². The number of nitrogens with one attached hydrogen (secondary N) is 1. The molecule has 1 saturated heterocycles. The largest absolute Gasteiger partial charge is 0.451 e. The monoisotopic (exact) mass is 385 g/mol. The van der Waals surface area contributed by atoms with Crippen molar-refractivity contribution in [3.8, 4) is 0 Å². The molecule has 6 nitrogen and oxygen atoms in total. The van der Waals surface area contributed by atoms with Gasteiger partial charge in [0.25, 0.3) is 5.91 Å². The molecule has 3 rings (SSSR count). The first-order valence-corrected chi connectivity index (χ1v) is 10.1. The van der Waals surface area contributed by atoms with Gasteiger partial charge in [-0.1, -0.05) is 32.0 Å². The second-order valence-corrected chi connectivity index (χ2v) is 8.37. The summed E-state index contributed by atoms with van der Waals surface area (Å²) < 4.78 is 5.90. The highest BCUT2D eigenvalue weighted by molar-refractivity contribution is 5.99. The van der Waals surface area contributed by atoms with Crippen LogP contribution in [0.25, 0.3) is 11.0 Å². The van der Waals surface area contributed by atoms with Gasteiger partial charge >= 0.3 is 0 Å². The van der Waals surface area contributed by atoms with Gasteiger partial charge in [-0.15, -0.1) is 0 Å². The molecule has 2 heterocycles. The third kappa shape index (κ3) is 4.73. The van der Waals surface area contributed by atoms with Gasteiger partial charge in [0.15, 0.2) is 5.76 Å². The fourth-order valence-electron chi connectivity index (χ4n) is 3.76. The lowest BCUT2D eigenvalue weighted by Crippen LogP contribution is -2.46. The standard InChI is InChI=1S/C22H31N3O3/c1-15(2)13-20(26)25-11-9-16(10-12-25)23-22(27)21-18(14-24(3)4)17-7-5-6-8-19(17)28-21/h5-8,15-16H,9-14H2,1-4H3,(H,23,27). The average molecular weight is 386 g/mol. The number of fused-ring (bicyclic) bond motifs is 1. The topological polar surface area (TPSA) is 65.8 Å². The zero-order valence-electron chi connectivity index (χ0n) is 17.3. The van der Waals surface area contributed by atoms with Crippen molar-refractivity contribution >= 4 is 22.8 Å². The maximum atomic E-state index is 12.9. The van der Waals surface area contributed by atoms with Crippen LogP contribution in [0, 0.1) is 5.92 Å². The Hall–Kier alpha value is -2.34. The second kappa shape index (κ2) is 8.78. The Kier molecular flexibility index (Phi) is 6.39. The smallest absolute Gasteiger partial charge is 0.287 e. The van der Waals surface area contributed by atoms with Crippen LogP contribution >= 0.6 is 0 Å². The van der Waals surface area contributed by atoms with Gasteiger partial charge in [-0.2, -0.15) is 0 Å². The number of piperidine rings is 1. The predicted octanol–water partition coefficient (Wildman–Crippen LogP) is 3.26. The second-order valence-electron chi connectivity index (χ2n) is 8.37. The Morgan fingerprint density at radius 2 is 1.89 bits per heavy atom. The molecule has 0 unspecified atom stereocenters. The van der Waals surface area contributed by atoms with Crippen LogP contribution in [0.5, 0.6) is 0 Å². The number of carbonyl (C=O) groups is 2. The zero-order valence-corrected chi connectivity index (χ0v) is 17.3. The van der Waals surface area contributed by atoms with Gasteiger partial charge in [-0.3, -0.25) is 9.59 Å². The number of carbonyl (C=O) groups excluding carboxylic acids is 2. The normalized spacial score (nSPS) is 15.6. The van der Waals surface area contributed by atoms with E-state index in [1.807, 2.05) is 48.2 Å². The van der Waals surface area contributed by atoms with E-state index in [2.05, 4.69) is 19.2 Å². The molecule has 1 aliphatic rings. The molecule has 2 aromatic rings. The summed E-state index contributed by atoms with van der Waals surface area (Å²) in [6.45, 7) is 6.15. The molecule has 0 aliphatic carbocycles. The Morgan fingerprint density at radius 1 is 1.21 bits per heavy atom. The van der Waals surface area contributed by atoms with Gasteiger partial charge in [0, 0.05) is 43.0 Å². The van der Waals surface area contributed by atoms with Crippen LogP contribution in [-0.4, -0.2) is 54.8 Å². The first-order chi connectivity index (χ1) is 13.3. The molecule has 1 fully saturated rings. The van der Waals surface area contributed by atoms with Crippen molar-refractivity contribution in [2.75, 3.05) is 27.2 Å². The van der Waals surface area contributed by atoms with Crippen molar-refractivity contribution in [2.24, 2.45) is 5.92 Å². The Balaban J connectivity index is 1.66. The number of benzene rings is 1. The molecule has 0 saturated carbocycles. The number of rotatable bonds is 6. The Labute approximate surface area is 166 Å². The summed E-state index contributed by atoms with van der Waals surface area (Å²) in [5.41, 5.74) is 1.65. The number of nitrogens with zero attached hydrogens (tertiary/aromatic N) is 2. The quantitative estimate of drug-likeness (QED) is 0.829. The van der Waals surface area contributed by atoms with E-state index in [-0.39, 0.29) is 17.9 Å². The summed E-state index contributed by atoms with van der Waals surface area (Å²) in [5, 5.41) is 4.10. The van der Waals surface area contributed by atoms with E-state index in [0.29, 0.717) is 37.7 Å². The number of para-hydroxylation sites is 1. The lowest BCUT2D eigenvalue weighted by atomic mass is 10.0. The molecule has 28 heavy (non-hydrogen) atoms. The number of likely N-dealkylation sites (tertiary alicyclic amines) is 1. The summed E-state index contributed by atoms with van der Waals surface area (Å²) in [6.07, 6.45) is 2.14. The van der Waals surface area contributed by atoms with Crippen molar-refractivity contribution < 1.29 is 14.0 Å². The SMILES string of the molecule is CC(C)CC(=O)N1CCC(NC(=O)c2oc3ccccc3c2CN(C)C)CC1. The van der Waals surface area contributed by atoms with Crippen LogP contribution < -0.4 is 5.32 Å². The lowest BCUT2D eigenvalue weighted by molar-refractivity contribution is -0.133. The fourth-order valence-corrected chi connectivity index (χ4v) is 3.76. The van der Waals surface area contributed by atoms with Gasteiger partial charge < -0.3 is 19.5 Å². The molecule has 1 aromatic carbocycles. The van der Waals surface area contributed by atoms with Gasteiger partial charge in [0.05, 0.1) is 0 Å². The number of hydrogen-bond acceptors (Lipinski definition) is 4. The van der Waals surface area contributed by atoms with Crippen LogP contribution in [-0.2, 0) is 11.3 Å². The van der Waals surface area contributed by atoms with Crippen LogP contribution in [0.4, 0.5) is 0 Å². The number of furan rings is 1. The molecule has 0 bridgehead atoms. The third-order valence-electron chi connectivity index (χ3n) is 5.14. The van der Waals surface area contributed by atoms with Crippen LogP contribution in [0.3, 0.4) is 0 Å². The first-order valence-electron chi connectivity index (χ1n) is 10.1. The van der Waals surface area contributed by atoms with Crippen molar-refractivity contribution in [2.45, 2.75) is 45.7 Å². The lowest BCUT2D eigenvalue weighted by Gasteiger charge is -2.32. The molecule has 0 radical (unpaired) electrons. The third-order valence-corrected chi connectivity index (χ3v) is 5.14. The number of hydrogen-bond donors (Lipinski definition) is 1. The maximum absolute atomic E-state index is 12.9. The van der Waals surface area contributed by atoms with Crippen molar-refractivity contribution in [1.29, 1.82) is 0 Å². The minimum Gasteiger partial charge on any atom is -0.451 e. The molecule has 1 aromatic heterocycles. The van der Waals surface area contributed by atoms with E-state index in [1.54, 1.807) is 0 Å². The molecule has 152 valence electrons. The predicted molar refractivity (Wildman–Crippen MR) is 110 cm³/mol. The minimum atomic E-state index is -0.167. The van der Waals surface area contributed by atoms with Gasteiger partial charge in [0.2, 0.25) is 5.91 Å². The summed E-state index contributed by atoms with van der Waals surface area (Å²) in [7, 11) is 3.96. The summed E-state index contributed by atoms with van der Waals surface area (Å²) >= 11 is 0. The van der Waals surface area contributed by atoms with Crippen LogP contribution in [0.1, 0.15) is 49.2 Å². The fraction of sp³-hybridized carbons (Fsp3) is 0.545. The molecule has 0 atom stereocenters.